The Labute approximate surface area is 181 Å². The van der Waals surface area contributed by atoms with Gasteiger partial charge in [-0.2, -0.15) is 13.2 Å². The van der Waals surface area contributed by atoms with E-state index in [0.29, 0.717) is 16.7 Å². The summed E-state index contributed by atoms with van der Waals surface area (Å²) in [5, 5.41) is 2.85. The van der Waals surface area contributed by atoms with Crippen LogP contribution in [0.4, 0.5) is 18.0 Å². The van der Waals surface area contributed by atoms with Gasteiger partial charge in [0.25, 0.3) is 0 Å². The van der Waals surface area contributed by atoms with Crippen molar-refractivity contribution < 1.29 is 31.9 Å². The summed E-state index contributed by atoms with van der Waals surface area (Å²) < 4.78 is 54.4. The number of benzene rings is 2. The van der Waals surface area contributed by atoms with Crippen LogP contribution < -0.4 is 15.5 Å². The number of nitrogens with one attached hydrogen (secondary N) is 1. The zero-order chi connectivity index (χ0) is 23.5. The molecule has 6 nitrogen and oxygen atoms in total. The molecule has 2 aromatic carbocycles. The Morgan fingerprint density at radius 2 is 1.72 bits per heavy atom. The van der Waals surface area contributed by atoms with Crippen molar-refractivity contribution >= 4 is 17.1 Å². The molecule has 0 fully saturated rings. The first-order valence-electron chi connectivity index (χ1n) is 9.73. The van der Waals surface area contributed by atoms with Gasteiger partial charge < -0.3 is 19.2 Å². The van der Waals surface area contributed by atoms with Gasteiger partial charge in [-0.05, 0) is 50.6 Å². The number of ether oxygens (including phenoxy) is 2. The summed E-state index contributed by atoms with van der Waals surface area (Å²) in [6.45, 7) is 5.18. The highest BCUT2D eigenvalue weighted by Crippen LogP contribution is 2.29. The van der Waals surface area contributed by atoms with E-state index in [1.165, 1.54) is 30.3 Å². The number of amides is 1. The molecule has 0 atom stereocenters. The minimum absolute atomic E-state index is 0.0355. The number of alkyl halides is 3. The topological polar surface area (TPSA) is 77.8 Å². The second-order valence-corrected chi connectivity index (χ2v) is 8.07. The van der Waals surface area contributed by atoms with E-state index in [2.05, 4.69) is 5.32 Å². The van der Waals surface area contributed by atoms with E-state index in [-0.39, 0.29) is 29.9 Å². The molecular formula is C23H22F3NO5. The maximum atomic E-state index is 12.7. The van der Waals surface area contributed by atoms with E-state index in [9.17, 15) is 22.8 Å². The maximum Gasteiger partial charge on any atom is 0.416 e. The molecule has 0 unspecified atom stereocenters. The third-order valence-electron chi connectivity index (χ3n) is 4.24. The van der Waals surface area contributed by atoms with Crippen LogP contribution >= 0.6 is 0 Å². The lowest BCUT2D eigenvalue weighted by Gasteiger charge is -2.19. The van der Waals surface area contributed by atoms with Gasteiger partial charge in [-0.15, -0.1) is 0 Å². The summed E-state index contributed by atoms with van der Waals surface area (Å²) >= 11 is 0. The smallest absolute Gasteiger partial charge is 0.416 e. The standard InChI is InChI=1S/C23H22F3NO5/c1-22(2,3)32-21(29)27-12-17-10-19(28)18-9-8-16(11-20(18)31-17)30-13-14-4-6-15(7-5-14)23(24,25)26/h4-11H,12-13H2,1-3H3,(H,27,29). The van der Waals surface area contributed by atoms with Gasteiger partial charge in [0.2, 0.25) is 0 Å². The number of hydrogen-bond acceptors (Lipinski definition) is 5. The van der Waals surface area contributed by atoms with E-state index < -0.39 is 23.4 Å². The normalized spacial score (nSPS) is 11.9. The average molecular weight is 449 g/mol. The monoisotopic (exact) mass is 449 g/mol. The molecule has 3 aromatic rings. The fourth-order valence-electron chi connectivity index (χ4n) is 2.79. The highest BCUT2D eigenvalue weighted by molar-refractivity contribution is 5.78. The van der Waals surface area contributed by atoms with Crippen LogP contribution in [0.5, 0.6) is 5.75 Å². The van der Waals surface area contributed by atoms with Gasteiger partial charge >= 0.3 is 12.3 Å². The summed E-state index contributed by atoms with van der Waals surface area (Å²) in [4.78, 5) is 24.1. The molecule has 1 heterocycles. The first-order chi connectivity index (χ1) is 14.9. The number of halogens is 3. The molecule has 0 bridgehead atoms. The van der Waals surface area contributed by atoms with Gasteiger partial charge in [-0.3, -0.25) is 4.79 Å². The number of alkyl carbamates (subject to hydrolysis) is 1. The minimum atomic E-state index is -4.40. The third kappa shape index (κ3) is 6.26. The van der Waals surface area contributed by atoms with Crippen molar-refractivity contribution in [2.45, 2.75) is 45.7 Å². The van der Waals surface area contributed by atoms with Crippen molar-refractivity contribution in [3.63, 3.8) is 0 Å². The lowest BCUT2D eigenvalue weighted by Crippen LogP contribution is -2.32. The van der Waals surface area contributed by atoms with Crippen LogP contribution in [-0.2, 0) is 24.1 Å². The van der Waals surface area contributed by atoms with Crippen molar-refractivity contribution in [1.82, 2.24) is 5.32 Å². The highest BCUT2D eigenvalue weighted by atomic mass is 19.4. The van der Waals surface area contributed by atoms with Crippen LogP contribution in [0.2, 0.25) is 0 Å². The van der Waals surface area contributed by atoms with Crippen molar-refractivity contribution in [3.8, 4) is 5.75 Å². The van der Waals surface area contributed by atoms with Crippen molar-refractivity contribution in [2.24, 2.45) is 0 Å². The van der Waals surface area contributed by atoms with Gasteiger partial charge in [0.05, 0.1) is 17.5 Å². The minimum Gasteiger partial charge on any atom is -0.489 e. The van der Waals surface area contributed by atoms with Crippen molar-refractivity contribution in [1.29, 1.82) is 0 Å². The van der Waals surface area contributed by atoms with Crippen LogP contribution in [0.15, 0.2) is 57.7 Å². The van der Waals surface area contributed by atoms with E-state index >= 15 is 0 Å². The maximum absolute atomic E-state index is 12.7. The summed E-state index contributed by atoms with van der Waals surface area (Å²) in [6.07, 6.45) is -5.04. The molecule has 0 spiro atoms. The Morgan fingerprint density at radius 1 is 1.03 bits per heavy atom. The lowest BCUT2D eigenvalue weighted by atomic mass is 10.1. The number of fused-ring (bicyclic) bond motifs is 1. The van der Waals surface area contributed by atoms with Crippen molar-refractivity contribution in [3.05, 3.63) is 75.6 Å². The molecule has 0 saturated heterocycles. The molecule has 0 saturated carbocycles. The molecule has 1 amide bonds. The van der Waals surface area contributed by atoms with Gasteiger partial charge in [0.1, 0.15) is 29.3 Å². The largest absolute Gasteiger partial charge is 0.489 e. The SMILES string of the molecule is CC(C)(C)OC(=O)NCc1cc(=O)c2ccc(OCc3ccc(C(F)(F)F)cc3)cc2o1. The molecule has 0 aliphatic carbocycles. The molecular weight excluding hydrogens is 427 g/mol. The zero-order valence-corrected chi connectivity index (χ0v) is 17.7. The second-order valence-electron chi connectivity index (χ2n) is 8.07. The van der Waals surface area contributed by atoms with E-state index in [0.717, 1.165) is 12.1 Å². The molecule has 0 radical (unpaired) electrons. The van der Waals surface area contributed by atoms with E-state index in [4.69, 9.17) is 13.9 Å². The fraction of sp³-hybridized carbons (Fsp3) is 0.304. The van der Waals surface area contributed by atoms with Crippen LogP contribution in [0.25, 0.3) is 11.0 Å². The van der Waals surface area contributed by atoms with Gasteiger partial charge in [0.15, 0.2) is 5.43 Å². The van der Waals surface area contributed by atoms with Crippen LogP contribution in [0.1, 0.15) is 37.7 Å². The highest BCUT2D eigenvalue weighted by Gasteiger charge is 2.29. The quantitative estimate of drug-likeness (QED) is 0.563. The summed E-state index contributed by atoms with van der Waals surface area (Å²) in [7, 11) is 0. The Balaban J connectivity index is 1.70. The number of hydrogen-bond donors (Lipinski definition) is 1. The molecule has 32 heavy (non-hydrogen) atoms. The third-order valence-corrected chi connectivity index (χ3v) is 4.24. The molecule has 3 rings (SSSR count). The van der Waals surface area contributed by atoms with Gasteiger partial charge in [0, 0.05) is 12.1 Å². The number of rotatable bonds is 5. The van der Waals surface area contributed by atoms with Crippen LogP contribution in [0.3, 0.4) is 0 Å². The van der Waals surface area contributed by atoms with E-state index in [1.807, 2.05) is 0 Å². The summed E-state index contributed by atoms with van der Waals surface area (Å²) in [6, 6.07) is 10.6. The zero-order valence-electron chi connectivity index (χ0n) is 17.7. The molecule has 0 aliphatic heterocycles. The molecule has 0 aliphatic rings. The lowest BCUT2D eigenvalue weighted by molar-refractivity contribution is -0.137. The fourth-order valence-corrected chi connectivity index (χ4v) is 2.79. The Kier molecular flexibility index (Phi) is 6.47. The predicted octanol–water partition coefficient (Wildman–Crippen LogP) is 5.42. The first-order valence-corrected chi connectivity index (χ1v) is 9.73. The predicted molar refractivity (Wildman–Crippen MR) is 111 cm³/mol. The Hall–Kier alpha value is -3.49. The molecule has 1 N–H and O–H groups in total. The van der Waals surface area contributed by atoms with Gasteiger partial charge in [-0.25, -0.2) is 4.79 Å². The first kappa shape index (κ1) is 23.2. The Morgan fingerprint density at radius 3 is 2.34 bits per heavy atom. The number of carbonyl (C=O) groups is 1. The van der Waals surface area contributed by atoms with Crippen molar-refractivity contribution in [2.75, 3.05) is 0 Å². The van der Waals surface area contributed by atoms with E-state index in [1.54, 1.807) is 26.8 Å². The van der Waals surface area contributed by atoms with Crippen LogP contribution in [-0.4, -0.2) is 11.7 Å². The van der Waals surface area contributed by atoms with Crippen LogP contribution in [0, 0.1) is 0 Å². The van der Waals surface area contributed by atoms with Gasteiger partial charge in [-0.1, -0.05) is 12.1 Å². The second kappa shape index (κ2) is 8.94. The Bertz CT molecular complexity index is 1160. The molecule has 9 heteroatoms. The average Bonchev–Trinajstić information content (AvgIpc) is 2.69. The summed E-state index contributed by atoms with van der Waals surface area (Å²) in [5.74, 6) is 0.603. The molecule has 1 aromatic heterocycles. The summed E-state index contributed by atoms with van der Waals surface area (Å²) in [5.41, 5.74) is -0.880. The molecule has 170 valence electrons. The number of carbonyl (C=O) groups excluding carboxylic acids is 1.